The molecule has 4 rings (SSSR count). The molecule has 2 aromatic heterocycles. The Morgan fingerprint density at radius 3 is 2.66 bits per heavy atom. The number of aryl methyl sites for hydroxylation is 2. The van der Waals surface area contributed by atoms with E-state index in [1.165, 1.54) is 5.56 Å². The fourth-order valence-electron chi connectivity index (χ4n) is 3.62. The number of rotatable bonds is 6. The Balaban J connectivity index is 1.47. The van der Waals surface area contributed by atoms with Crippen molar-refractivity contribution in [3.05, 3.63) is 41.5 Å². The minimum absolute atomic E-state index is 0.201. The summed E-state index contributed by atoms with van der Waals surface area (Å²) in [5.74, 6) is 1.66. The lowest BCUT2D eigenvalue weighted by Crippen LogP contribution is -2.37. The summed E-state index contributed by atoms with van der Waals surface area (Å²) in [6.45, 7) is 9.59. The van der Waals surface area contributed by atoms with E-state index in [0.29, 0.717) is 25.4 Å². The van der Waals surface area contributed by atoms with Crippen LogP contribution in [0.4, 0.5) is 5.82 Å². The molecule has 1 aliphatic heterocycles. The van der Waals surface area contributed by atoms with Gasteiger partial charge in [-0.2, -0.15) is 0 Å². The highest BCUT2D eigenvalue weighted by atomic mass is 16.5. The first-order chi connectivity index (χ1) is 14.0. The van der Waals surface area contributed by atoms with E-state index in [-0.39, 0.29) is 6.61 Å². The highest BCUT2D eigenvalue weighted by Crippen LogP contribution is 2.26. The zero-order valence-electron chi connectivity index (χ0n) is 17.1. The number of morpholine rings is 1. The Hall–Kier alpha value is -2.71. The second-order valence-electron chi connectivity index (χ2n) is 7.48. The van der Waals surface area contributed by atoms with E-state index in [2.05, 4.69) is 32.8 Å². The van der Waals surface area contributed by atoms with E-state index in [1.807, 2.05) is 24.5 Å². The van der Waals surface area contributed by atoms with Crippen molar-refractivity contribution in [2.45, 2.75) is 33.4 Å². The van der Waals surface area contributed by atoms with Gasteiger partial charge in [-0.25, -0.2) is 15.0 Å². The molecule has 3 heterocycles. The third kappa shape index (κ3) is 4.04. The van der Waals surface area contributed by atoms with Crippen LogP contribution in [0.25, 0.3) is 11.2 Å². The largest absolute Gasteiger partial charge is 0.490 e. The average molecular weight is 397 g/mol. The number of aliphatic hydroxyl groups is 1. The summed E-state index contributed by atoms with van der Waals surface area (Å²) >= 11 is 0. The van der Waals surface area contributed by atoms with Gasteiger partial charge < -0.3 is 24.0 Å². The summed E-state index contributed by atoms with van der Waals surface area (Å²) in [5, 5.41) is 10.6. The summed E-state index contributed by atoms with van der Waals surface area (Å²) in [6.07, 6.45) is 2.57. The zero-order valence-corrected chi connectivity index (χ0v) is 17.1. The summed E-state index contributed by atoms with van der Waals surface area (Å²) in [4.78, 5) is 15.5. The third-order valence-corrected chi connectivity index (χ3v) is 5.39. The van der Waals surface area contributed by atoms with Gasteiger partial charge in [-0.15, -0.1) is 0 Å². The van der Waals surface area contributed by atoms with Crippen LogP contribution in [0.5, 0.6) is 5.75 Å². The van der Waals surface area contributed by atoms with Gasteiger partial charge in [0.25, 0.3) is 0 Å². The smallest absolute Gasteiger partial charge is 0.165 e. The van der Waals surface area contributed by atoms with Crippen LogP contribution in [0.3, 0.4) is 0 Å². The van der Waals surface area contributed by atoms with Gasteiger partial charge in [-0.3, -0.25) is 0 Å². The molecule has 0 amide bonds. The Kier molecular flexibility index (Phi) is 5.64. The first kappa shape index (κ1) is 19.6. The number of benzene rings is 1. The van der Waals surface area contributed by atoms with Crippen molar-refractivity contribution in [2.24, 2.45) is 0 Å². The molecule has 1 aromatic carbocycles. The number of ether oxygens (including phenoxy) is 2. The second kappa shape index (κ2) is 8.34. The number of fused-ring (bicyclic) bond motifs is 1. The molecule has 0 bridgehead atoms. The Bertz CT molecular complexity index is 997. The molecule has 0 saturated carbocycles. The van der Waals surface area contributed by atoms with Crippen LogP contribution in [0.1, 0.15) is 16.7 Å². The van der Waals surface area contributed by atoms with E-state index < -0.39 is 6.10 Å². The van der Waals surface area contributed by atoms with Crippen molar-refractivity contribution in [1.29, 1.82) is 0 Å². The molecule has 0 unspecified atom stereocenters. The Labute approximate surface area is 170 Å². The highest BCUT2D eigenvalue weighted by Gasteiger charge is 2.19. The zero-order chi connectivity index (χ0) is 20.4. The van der Waals surface area contributed by atoms with Crippen LogP contribution in [0.2, 0.25) is 0 Å². The van der Waals surface area contributed by atoms with Crippen molar-refractivity contribution >= 4 is 17.0 Å². The van der Waals surface area contributed by atoms with Crippen LogP contribution in [-0.4, -0.2) is 63.6 Å². The number of hydrogen-bond acceptors (Lipinski definition) is 7. The Morgan fingerprint density at radius 2 is 1.86 bits per heavy atom. The van der Waals surface area contributed by atoms with Crippen LogP contribution in [0.15, 0.2) is 24.8 Å². The van der Waals surface area contributed by atoms with Gasteiger partial charge in [0.15, 0.2) is 17.0 Å². The van der Waals surface area contributed by atoms with Crippen LogP contribution >= 0.6 is 0 Å². The first-order valence-corrected chi connectivity index (χ1v) is 9.91. The monoisotopic (exact) mass is 397 g/mol. The molecule has 29 heavy (non-hydrogen) atoms. The van der Waals surface area contributed by atoms with Gasteiger partial charge in [0.2, 0.25) is 0 Å². The number of nitrogens with zero attached hydrogens (tertiary/aromatic N) is 5. The van der Waals surface area contributed by atoms with Gasteiger partial charge in [-0.1, -0.05) is 12.1 Å². The average Bonchev–Trinajstić information content (AvgIpc) is 3.14. The number of aliphatic hydroxyl groups excluding tert-OH is 1. The maximum atomic E-state index is 10.6. The summed E-state index contributed by atoms with van der Waals surface area (Å²) in [7, 11) is 0. The molecule has 1 N–H and O–H groups in total. The molecule has 3 aromatic rings. The standard InChI is InChI=1S/C21H27N5O3/c1-14-4-5-15(2)19(16(14)3)29-11-17(27)10-26-13-24-18-20(22-12-23-21(18)26)25-6-8-28-9-7-25/h4-5,12-13,17,27H,6-11H2,1-3H3/t17-/m0/s1. The first-order valence-electron chi connectivity index (χ1n) is 9.91. The molecular formula is C21H27N5O3. The van der Waals surface area contributed by atoms with Crippen LogP contribution in [0, 0.1) is 20.8 Å². The normalized spacial score (nSPS) is 15.7. The quantitative estimate of drug-likeness (QED) is 0.681. The van der Waals surface area contributed by atoms with Crippen LogP contribution in [-0.2, 0) is 11.3 Å². The molecule has 0 spiro atoms. The maximum Gasteiger partial charge on any atom is 0.165 e. The number of anilines is 1. The molecule has 0 radical (unpaired) electrons. The van der Waals surface area contributed by atoms with Crippen molar-refractivity contribution in [1.82, 2.24) is 19.5 Å². The minimum Gasteiger partial charge on any atom is -0.490 e. The van der Waals surface area contributed by atoms with E-state index in [9.17, 15) is 5.11 Å². The lowest BCUT2D eigenvalue weighted by molar-refractivity contribution is 0.0926. The van der Waals surface area contributed by atoms with Gasteiger partial charge in [0, 0.05) is 13.1 Å². The molecule has 1 atom stereocenters. The molecule has 8 heteroatoms. The molecule has 1 fully saturated rings. The fourth-order valence-corrected chi connectivity index (χ4v) is 3.62. The molecule has 1 saturated heterocycles. The third-order valence-electron chi connectivity index (χ3n) is 5.39. The van der Waals surface area contributed by atoms with E-state index in [4.69, 9.17) is 9.47 Å². The topological polar surface area (TPSA) is 85.5 Å². The number of imidazole rings is 1. The molecular weight excluding hydrogens is 370 g/mol. The SMILES string of the molecule is Cc1ccc(C)c(OC[C@@H](O)Cn2cnc3c(N4CCOCC4)ncnc32)c1C. The minimum atomic E-state index is -0.687. The second-order valence-corrected chi connectivity index (χ2v) is 7.48. The van der Waals surface area contributed by atoms with E-state index in [1.54, 1.807) is 12.7 Å². The van der Waals surface area contributed by atoms with Crippen LogP contribution < -0.4 is 9.64 Å². The molecule has 1 aliphatic rings. The van der Waals surface area contributed by atoms with E-state index in [0.717, 1.165) is 41.3 Å². The summed E-state index contributed by atoms with van der Waals surface area (Å²) in [6, 6.07) is 4.12. The van der Waals surface area contributed by atoms with Gasteiger partial charge >= 0.3 is 0 Å². The predicted octanol–water partition coefficient (Wildman–Crippen LogP) is 2.03. The highest BCUT2D eigenvalue weighted by molar-refractivity contribution is 5.83. The fraction of sp³-hybridized carbons (Fsp3) is 0.476. The summed E-state index contributed by atoms with van der Waals surface area (Å²) < 4.78 is 13.2. The van der Waals surface area contributed by atoms with Crippen molar-refractivity contribution in [3.8, 4) is 5.75 Å². The molecule has 8 nitrogen and oxygen atoms in total. The lowest BCUT2D eigenvalue weighted by Gasteiger charge is -2.27. The van der Waals surface area contributed by atoms with Crippen molar-refractivity contribution in [2.75, 3.05) is 37.8 Å². The molecule has 154 valence electrons. The van der Waals surface area contributed by atoms with E-state index >= 15 is 0 Å². The van der Waals surface area contributed by atoms with Gasteiger partial charge in [0.05, 0.1) is 26.1 Å². The van der Waals surface area contributed by atoms with Crippen molar-refractivity contribution in [3.63, 3.8) is 0 Å². The summed E-state index contributed by atoms with van der Waals surface area (Å²) in [5.41, 5.74) is 4.80. The molecule has 0 aliphatic carbocycles. The van der Waals surface area contributed by atoms with Crippen molar-refractivity contribution < 1.29 is 14.6 Å². The number of aromatic nitrogens is 4. The predicted molar refractivity (Wildman–Crippen MR) is 111 cm³/mol. The Morgan fingerprint density at radius 1 is 1.10 bits per heavy atom. The lowest BCUT2D eigenvalue weighted by atomic mass is 10.1. The van der Waals surface area contributed by atoms with Gasteiger partial charge in [-0.05, 0) is 37.5 Å². The maximum absolute atomic E-state index is 10.6. The van der Waals surface area contributed by atoms with Gasteiger partial charge in [0.1, 0.15) is 24.8 Å². The number of hydrogen-bond donors (Lipinski definition) is 1.